The first-order valence-corrected chi connectivity index (χ1v) is 10.5. The third-order valence-electron chi connectivity index (χ3n) is 5.49. The maximum absolute atomic E-state index is 10.0. The second-order valence-corrected chi connectivity index (χ2v) is 7.75. The van der Waals surface area contributed by atoms with Gasteiger partial charge in [0.15, 0.2) is 11.6 Å². The van der Waals surface area contributed by atoms with Crippen LogP contribution in [0.4, 0.5) is 5.82 Å². The summed E-state index contributed by atoms with van der Waals surface area (Å²) in [5.41, 5.74) is 9.63. The van der Waals surface area contributed by atoms with Crippen LogP contribution in [0, 0.1) is 0 Å². The van der Waals surface area contributed by atoms with Crippen molar-refractivity contribution in [3.8, 4) is 22.8 Å². The monoisotopic (exact) mass is 404 g/mol. The van der Waals surface area contributed by atoms with E-state index in [1.807, 2.05) is 6.07 Å². The number of benzene rings is 2. The molecule has 6 nitrogen and oxygen atoms in total. The third-order valence-corrected chi connectivity index (χ3v) is 5.49. The van der Waals surface area contributed by atoms with Crippen LogP contribution in [0.5, 0.6) is 11.5 Å². The Kier molecular flexibility index (Phi) is 6.44. The van der Waals surface area contributed by atoms with Gasteiger partial charge in [-0.15, -0.1) is 10.2 Å². The van der Waals surface area contributed by atoms with Gasteiger partial charge in [-0.2, -0.15) is 0 Å². The minimum Gasteiger partial charge on any atom is -0.507 e. The number of hydrogen-bond acceptors (Lipinski definition) is 6. The van der Waals surface area contributed by atoms with Gasteiger partial charge in [0.05, 0.1) is 6.61 Å². The van der Waals surface area contributed by atoms with Crippen molar-refractivity contribution < 1.29 is 9.84 Å². The maximum Gasteiger partial charge on any atom is 0.188 e. The van der Waals surface area contributed by atoms with E-state index >= 15 is 0 Å². The Hall–Kier alpha value is -3.12. The van der Waals surface area contributed by atoms with Crippen molar-refractivity contribution in [1.29, 1.82) is 0 Å². The molecule has 4 rings (SSSR count). The molecule has 156 valence electrons. The molecule has 1 fully saturated rings. The topological polar surface area (TPSA) is 84.5 Å². The van der Waals surface area contributed by atoms with Gasteiger partial charge in [-0.3, -0.25) is 4.90 Å². The molecule has 0 aliphatic carbocycles. The highest BCUT2D eigenvalue weighted by atomic mass is 16.5. The molecule has 1 aromatic heterocycles. The van der Waals surface area contributed by atoms with Crippen LogP contribution < -0.4 is 10.5 Å². The van der Waals surface area contributed by atoms with Crippen LogP contribution in [0.1, 0.15) is 30.4 Å². The number of piperidine rings is 1. The number of anilines is 1. The van der Waals surface area contributed by atoms with Crippen molar-refractivity contribution in [3.63, 3.8) is 0 Å². The average molecular weight is 405 g/mol. The summed E-state index contributed by atoms with van der Waals surface area (Å²) in [5, 5.41) is 18.1. The number of aromatic nitrogens is 2. The first-order chi connectivity index (χ1) is 14.7. The lowest BCUT2D eigenvalue weighted by Crippen LogP contribution is -2.29. The lowest BCUT2D eigenvalue weighted by Gasteiger charge is -2.26. The number of nitrogens with two attached hydrogens (primary N) is 1. The van der Waals surface area contributed by atoms with E-state index in [0.29, 0.717) is 23.6 Å². The van der Waals surface area contributed by atoms with Gasteiger partial charge in [-0.05, 0) is 49.2 Å². The van der Waals surface area contributed by atoms with Gasteiger partial charge in [0.25, 0.3) is 0 Å². The summed E-state index contributed by atoms with van der Waals surface area (Å²) >= 11 is 0. The lowest BCUT2D eigenvalue weighted by atomic mass is 10.1. The maximum atomic E-state index is 10.0. The highest BCUT2D eigenvalue weighted by Gasteiger charge is 2.12. The molecule has 0 spiro atoms. The van der Waals surface area contributed by atoms with Gasteiger partial charge in [0.1, 0.15) is 11.4 Å². The van der Waals surface area contributed by atoms with Crippen molar-refractivity contribution >= 4 is 5.82 Å². The Morgan fingerprint density at radius 3 is 2.43 bits per heavy atom. The molecule has 0 atom stereocenters. The van der Waals surface area contributed by atoms with Crippen LogP contribution in [0.25, 0.3) is 11.3 Å². The molecule has 1 saturated heterocycles. The fraction of sp³-hybridized carbons (Fsp3) is 0.333. The molecule has 0 radical (unpaired) electrons. The van der Waals surface area contributed by atoms with Gasteiger partial charge in [0.2, 0.25) is 0 Å². The Morgan fingerprint density at radius 2 is 1.67 bits per heavy atom. The summed E-state index contributed by atoms with van der Waals surface area (Å²) in [4.78, 5) is 2.53. The van der Waals surface area contributed by atoms with Crippen molar-refractivity contribution in [2.45, 2.75) is 32.2 Å². The van der Waals surface area contributed by atoms with Gasteiger partial charge in [0, 0.05) is 24.6 Å². The van der Waals surface area contributed by atoms with Crippen LogP contribution in [0.2, 0.25) is 0 Å². The van der Waals surface area contributed by atoms with Crippen LogP contribution in [0.3, 0.4) is 0 Å². The van der Waals surface area contributed by atoms with E-state index < -0.39 is 0 Å². The van der Waals surface area contributed by atoms with Crippen LogP contribution >= 0.6 is 0 Å². The summed E-state index contributed by atoms with van der Waals surface area (Å²) in [6, 6.07) is 17.5. The van der Waals surface area contributed by atoms with Crippen molar-refractivity contribution in [2.75, 3.05) is 25.4 Å². The van der Waals surface area contributed by atoms with E-state index in [4.69, 9.17) is 10.5 Å². The van der Waals surface area contributed by atoms with E-state index in [1.165, 1.54) is 43.5 Å². The van der Waals surface area contributed by atoms with E-state index in [-0.39, 0.29) is 11.6 Å². The molecule has 0 saturated carbocycles. The second-order valence-electron chi connectivity index (χ2n) is 7.75. The number of rotatable bonds is 7. The summed E-state index contributed by atoms with van der Waals surface area (Å²) in [6.45, 7) is 3.94. The Balaban J connectivity index is 1.34. The smallest absolute Gasteiger partial charge is 0.188 e. The summed E-state index contributed by atoms with van der Waals surface area (Å²) in [6.07, 6.45) is 4.76. The van der Waals surface area contributed by atoms with Crippen molar-refractivity contribution in [3.05, 3.63) is 65.7 Å². The number of ether oxygens (including phenoxy) is 1. The molecule has 2 heterocycles. The minimum absolute atomic E-state index is 0.146. The Morgan fingerprint density at radius 1 is 0.933 bits per heavy atom. The zero-order valence-corrected chi connectivity index (χ0v) is 17.1. The number of phenols is 1. The van der Waals surface area contributed by atoms with Gasteiger partial charge in [-0.25, -0.2) is 0 Å². The van der Waals surface area contributed by atoms with E-state index in [9.17, 15) is 5.11 Å². The van der Waals surface area contributed by atoms with Crippen LogP contribution in [-0.2, 0) is 13.0 Å². The Labute approximate surface area is 177 Å². The quantitative estimate of drug-likeness (QED) is 0.618. The first kappa shape index (κ1) is 20.2. The molecule has 0 amide bonds. The molecule has 6 heteroatoms. The van der Waals surface area contributed by atoms with Gasteiger partial charge < -0.3 is 15.6 Å². The largest absolute Gasteiger partial charge is 0.507 e. The molecule has 0 unspecified atom stereocenters. The fourth-order valence-electron chi connectivity index (χ4n) is 3.79. The minimum atomic E-state index is 0.146. The zero-order chi connectivity index (χ0) is 20.8. The SMILES string of the molecule is Nc1nnc(-c2ccccc2O)cc1OCCc1ccc(CN2CCCCC2)cc1. The molecule has 3 N–H and O–H groups in total. The fourth-order valence-corrected chi connectivity index (χ4v) is 3.79. The molecule has 3 aromatic rings. The van der Waals surface area contributed by atoms with E-state index in [1.54, 1.807) is 24.3 Å². The third kappa shape index (κ3) is 5.07. The number of aromatic hydroxyl groups is 1. The van der Waals surface area contributed by atoms with Crippen molar-refractivity contribution in [2.24, 2.45) is 0 Å². The van der Waals surface area contributed by atoms with Gasteiger partial charge in [-0.1, -0.05) is 42.8 Å². The van der Waals surface area contributed by atoms with Crippen LogP contribution in [0.15, 0.2) is 54.6 Å². The average Bonchev–Trinajstić information content (AvgIpc) is 2.77. The van der Waals surface area contributed by atoms with Crippen LogP contribution in [-0.4, -0.2) is 39.9 Å². The summed E-state index contributed by atoms with van der Waals surface area (Å²) < 4.78 is 5.88. The lowest BCUT2D eigenvalue weighted by molar-refractivity contribution is 0.221. The molecular formula is C24H28N4O2. The number of phenolic OH excluding ortho intramolecular Hbond substituents is 1. The highest BCUT2D eigenvalue weighted by Crippen LogP contribution is 2.30. The highest BCUT2D eigenvalue weighted by molar-refractivity contribution is 5.68. The molecule has 0 bridgehead atoms. The summed E-state index contributed by atoms with van der Waals surface area (Å²) in [5.74, 6) is 0.864. The normalized spacial score (nSPS) is 14.5. The number of para-hydroxylation sites is 1. The predicted molar refractivity (Wildman–Crippen MR) is 118 cm³/mol. The number of hydrogen-bond donors (Lipinski definition) is 2. The predicted octanol–water partition coefficient (Wildman–Crippen LogP) is 4.04. The Bertz CT molecular complexity index is 969. The van der Waals surface area contributed by atoms with E-state index in [0.717, 1.165) is 13.0 Å². The molecule has 1 aliphatic heterocycles. The zero-order valence-electron chi connectivity index (χ0n) is 17.1. The molecular weight excluding hydrogens is 376 g/mol. The number of likely N-dealkylation sites (tertiary alicyclic amines) is 1. The number of nitrogens with zero attached hydrogens (tertiary/aromatic N) is 3. The molecule has 30 heavy (non-hydrogen) atoms. The second kappa shape index (κ2) is 9.59. The standard InChI is InChI=1S/C24H28N4O2/c25-24-23(16-21(26-27-24)20-6-2-3-7-22(20)29)30-15-12-18-8-10-19(11-9-18)17-28-13-4-1-5-14-28/h2-3,6-11,16,29H,1,4-5,12-15,17H2,(H2,25,27). The molecule has 2 aromatic carbocycles. The van der Waals surface area contributed by atoms with E-state index in [2.05, 4.69) is 39.4 Å². The molecule has 1 aliphatic rings. The van der Waals surface area contributed by atoms with Gasteiger partial charge >= 0.3 is 0 Å². The van der Waals surface area contributed by atoms with Crippen molar-refractivity contribution in [1.82, 2.24) is 15.1 Å². The summed E-state index contributed by atoms with van der Waals surface area (Å²) in [7, 11) is 0. The number of nitrogen functional groups attached to an aromatic ring is 1. The first-order valence-electron chi connectivity index (χ1n) is 10.5.